The monoisotopic (exact) mass is 205 g/mol. The molecular formula is C9H19NO2S. The molecule has 0 bridgehead atoms. The van der Waals surface area contributed by atoms with Crippen molar-refractivity contribution in [3.8, 4) is 0 Å². The van der Waals surface area contributed by atoms with E-state index in [1.807, 2.05) is 13.8 Å². The minimum atomic E-state index is -2.82. The highest BCUT2D eigenvalue weighted by Gasteiger charge is 2.27. The standard InChI is InChI=1S/C9H19NO2S/c1-8(2)7-13(11,12)9-3-5-10-6-4-9/h8-10H,3-7H2,1-2H3. The number of sulfone groups is 1. The Morgan fingerprint density at radius 3 is 2.31 bits per heavy atom. The van der Waals surface area contributed by atoms with Crippen LogP contribution in [0.15, 0.2) is 0 Å². The van der Waals surface area contributed by atoms with E-state index in [1.54, 1.807) is 0 Å². The van der Waals surface area contributed by atoms with Gasteiger partial charge >= 0.3 is 0 Å². The van der Waals surface area contributed by atoms with Gasteiger partial charge in [0.05, 0.1) is 11.0 Å². The van der Waals surface area contributed by atoms with Crippen LogP contribution in [-0.2, 0) is 9.84 Å². The Morgan fingerprint density at radius 1 is 1.31 bits per heavy atom. The Hall–Kier alpha value is -0.0900. The fourth-order valence-electron chi connectivity index (χ4n) is 1.76. The summed E-state index contributed by atoms with van der Waals surface area (Å²) in [5.74, 6) is 0.595. The molecule has 1 aliphatic heterocycles. The van der Waals surface area contributed by atoms with Gasteiger partial charge in [0, 0.05) is 0 Å². The molecular weight excluding hydrogens is 186 g/mol. The lowest BCUT2D eigenvalue weighted by Crippen LogP contribution is -2.37. The van der Waals surface area contributed by atoms with Gasteiger partial charge in [-0.3, -0.25) is 0 Å². The van der Waals surface area contributed by atoms with E-state index in [-0.39, 0.29) is 11.2 Å². The van der Waals surface area contributed by atoms with Crippen LogP contribution in [0.25, 0.3) is 0 Å². The lowest BCUT2D eigenvalue weighted by molar-refractivity contribution is 0.492. The molecule has 0 aromatic carbocycles. The average Bonchev–Trinajstić information content (AvgIpc) is 2.04. The maximum absolute atomic E-state index is 11.8. The predicted molar refractivity (Wildman–Crippen MR) is 54.5 cm³/mol. The van der Waals surface area contributed by atoms with E-state index in [4.69, 9.17) is 0 Å². The van der Waals surface area contributed by atoms with E-state index in [1.165, 1.54) is 0 Å². The number of piperidine rings is 1. The third kappa shape index (κ3) is 3.27. The fourth-order valence-corrected chi connectivity index (χ4v) is 3.91. The molecule has 4 heteroatoms. The molecule has 1 saturated heterocycles. The van der Waals surface area contributed by atoms with Crippen LogP contribution >= 0.6 is 0 Å². The predicted octanol–water partition coefficient (Wildman–Crippen LogP) is 0.809. The molecule has 0 atom stereocenters. The van der Waals surface area contributed by atoms with Crippen molar-refractivity contribution in [1.82, 2.24) is 5.32 Å². The van der Waals surface area contributed by atoms with Crippen molar-refractivity contribution >= 4 is 9.84 Å². The van der Waals surface area contributed by atoms with Gasteiger partial charge < -0.3 is 5.32 Å². The van der Waals surface area contributed by atoms with Crippen LogP contribution < -0.4 is 5.32 Å². The number of hydrogen-bond acceptors (Lipinski definition) is 3. The molecule has 1 fully saturated rings. The number of hydrogen-bond donors (Lipinski definition) is 1. The molecule has 0 radical (unpaired) electrons. The normalized spacial score (nSPS) is 20.8. The Kier molecular flexibility index (Phi) is 3.74. The van der Waals surface area contributed by atoms with Crippen molar-refractivity contribution in [1.29, 1.82) is 0 Å². The molecule has 1 rings (SSSR count). The summed E-state index contributed by atoms with van der Waals surface area (Å²) < 4.78 is 23.5. The SMILES string of the molecule is CC(C)CS(=O)(=O)C1CCNCC1. The Bertz CT molecular complexity index is 240. The summed E-state index contributed by atoms with van der Waals surface area (Å²) in [6, 6.07) is 0. The van der Waals surface area contributed by atoms with Gasteiger partial charge in [-0.15, -0.1) is 0 Å². The molecule has 1 aliphatic rings. The first-order valence-electron chi connectivity index (χ1n) is 4.94. The highest BCUT2D eigenvalue weighted by molar-refractivity contribution is 7.92. The summed E-state index contributed by atoms with van der Waals surface area (Å²) in [5, 5.41) is 3.09. The van der Waals surface area contributed by atoms with Crippen LogP contribution in [-0.4, -0.2) is 32.5 Å². The van der Waals surface area contributed by atoms with Crippen LogP contribution in [0.3, 0.4) is 0 Å². The van der Waals surface area contributed by atoms with Gasteiger partial charge in [0.1, 0.15) is 0 Å². The molecule has 0 unspecified atom stereocenters. The second-order valence-electron chi connectivity index (χ2n) is 4.17. The third-order valence-corrected chi connectivity index (χ3v) is 4.98. The summed E-state index contributed by atoms with van der Waals surface area (Å²) in [6.07, 6.45) is 1.57. The van der Waals surface area contributed by atoms with Crippen molar-refractivity contribution in [3.05, 3.63) is 0 Å². The second-order valence-corrected chi connectivity index (χ2v) is 6.50. The molecule has 3 nitrogen and oxygen atoms in total. The molecule has 13 heavy (non-hydrogen) atoms. The van der Waals surface area contributed by atoms with Gasteiger partial charge in [-0.2, -0.15) is 0 Å². The van der Waals surface area contributed by atoms with E-state index in [9.17, 15) is 8.42 Å². The third-order valence-electron chi connectivity index (χ3n) is 2.36. The van der Waals surface area contributed by atoms with Crippen molar-refractivity contribution in [2.24, 2.45) is 5.92 Å². The largest absolute Gasteiger partial charge is 0.317 e. The summed E-state index contributed by atoms with van der Waals surface area (Å²) in [4.78, 5) is 0. The fraction of sp³-hybridized carbons (Fsp3) is 1.00. The molecule has 0 aliphatic carbocycles. The lowest BCUT2D eigenvalue weighted by Gasteiger charge is -2.23. The highest BCUT2D eigenvalue weighted by atomic mass is 32.2. The summed E-state index contributed by atoms with van der Waals surface area (Å²) >= 11 is 0. The average molecular weight is 205 g/mol. The highest BCUT2D eigenvalue weighted by Crippen LogP contribution is 2.16. The maximum Gasteiger partial charge on any atom is 0.153 e. The van der Waals surface area contributed by atoms with Gasteiger partial charge in [-0.1, -0.05) is 13.8 Å². The maximum atomic E-state index is 11.8. The van der Waals surface area contributed by atoms with Gasteiger partial charge in [0.25, 0.3) is 0 Å². The first kappa shape index (κ1) is 11.0. The van der Waals surface area contributed by atoms with Gasteiger partial charge in [0.15, 0.2) is 9.84 Å². The molecule has 1 N–H and O–H groups in total. The van der Waals surface area contributed by atoms with Crippen molar-refractivity contribution in [2.75, 3.05) is 18.8 Å². The molecule has 1 heterocycles. The zero-order valence-corrected chi connectivity index (χ0v) is 9.23. The Labute approximate surface area is 80.8 Å². The molecule has 0 saturated carbocycles. The topological polar surface area (TPSA) is 46.2 Å². The van der Waals surface area contributed by atoms with E-state index < -0.39 is 9.84 Å². The summed E-state index contributed by atoms with van der Waals surface area (Å²) in [5.41, 5.74) is 0. The minimum absolute atomic E-state index is 0.0869. The zero-order valence-electron chi connectivity index (χ0n) is 8.41. The molecule has 0 aromatic heterocycles. The van der Waals surface area contributed by atoms with Crippen LogP contribution in [0.4, 0.5) is 0 Å². The summed E-state index contributed by atoms with van der Waals surface area (Å²) in [7, 11) is -2.82. The second kappa shape index (κ2) is 4.42. The summed E-state index contributed by atoms with van der Waals surface area (Å²) in [6.45, 7) is 5.61. The van der Waals surface area contributed by atoms with Crippen LogP contribution in [0.2, 0.25) is 0 Å². The van der Waals surface area contributed by atoms with E-state index in [0.717, 1.165) is 25.9 Å². The molecule has 78 valence electrons. The molecule has 0 amide bonds. The van der Waals surface area contributed by atoms with Gasteiger partial charge in [-0.25, -0.2) is 8.42 Å². The van der Waals surface area contributed by atoms with E-state index in [0.29, 0.717) is 5.75 Å². The van der Waals surface area contributed by atoms with Crippen LogP contribution in [0.1, 0.15) is 26.7 Å². The van der Waals surface area contributed by atoms with Crippen molar-refractivity contribution in [2.45, 2.75) is 31.9 Å². The van der Waals surface area contributed by atoms with Crippen LogP contribution in [0.5, 0.6) is 0 Å². The van der Waals surface area contributed by atoms with Crippen molar-refractivity contribution in [3.63, 3.8) is 0 Å². The Balaban J connectivity index is 2.57. The molecule has 0 aromatic rings. The quantitative estimate of drug-likeness (QED) is 0.741. The van der Waals surface area contributed by atoms with Gasteiger partial charge in [-0.05, 0) is 31.8 Å². The van der Waals surface area contributed by atoms with Crippen LogP contribution in [0, 0.1) is 5.92 Å². The zero-order chi connectivity index (χ0) is 9.90. The Morgan fingerprint density at radius 2 is 1.85 bits per heavy atom. The first-order valence-corrected chi connectivity index (χ1v) is 6.66. The smallest absolute Gasteiger partial charge is 0.153 e. The first-order chi connectivity index (χ1) is 6.02. The van der Waals surface area contributed by atoms with E-state index >= 15 is 0 Å². The molecule has 0 spiro atoms. The van der Waals surface area contributed by atoms with E-state index in [2.05, 4.69) is 5.32 Å². The lowest BCUT2D eigenvalue weighted by atomic mass is 10.2. The van der Waals surface area contributed by atoms with Gasteiger partial charge in [0.2, 0.25) is 0 Å². The minimum Gasteiger partial charge on any atom is -0.317 e. The van der Waals surface area contributed by atoms with Crippen molar-refractivity contribution < 1.29 is 8.42 Å². The number of rotatable bonds is 3. The number of nitrogens with one attached hydrogen (secondary N) is 1.